The molecule has 1 saturated heterocycles. The minimum absolute atomic E-state index is 0.153. The summed E-state index contributed by atoms with van der Waals surface area (Å²) in [5.41, 5.74) is 0.446. The Morgan fingerprint density at radius 3 is 2.43 bits per heavy atom. The Morgan fingerprint density at radius 2 is 1.83 bits per heavy atom. The fourth-order valence-electron chi connectivity index (χ4n) is 2.46. The van der Waals surface area contributed by atoms with Crippen LogP contribution in [0.3, 0.4) is 0 Å². The summed E-state index contributed by atoms with van der Waals surface area (Å²) >= 11 is 0. The highest BCUT2D eigenvalue weighted by molar-refractivity contribution is 5.94. The number of nitrogens with one attached hydrogen (secondary N) is 3. The third-order valence-corrected chi connectivity index (χ3v) is 3.83. The summed E-state index contributed by atoms with van der Waals surface area (Å²) in [6.07, 6.45) is 1.38. The monoisotopic (exact) mass is 319 g/mol. The van der Waals surface area contributed by atoms with E-state index < -0.39 is 12.0 Å². The van der Waals surface area contributed by atoms with Crippen LogP contribution in [0.2, 0.25) is 0 Å². The van der Waals surface area contributed by atoms with E-state index in [1.807, 2.05) is 0 Å². The Morgan fingerprint density at radius 1 is 1.17 bits per heavy atom. The van der Waals surface area contributed by atoms with E-state index in [-0.39, 0.29) is 24.3 Å². The van der Waals surface area contributed by atoms with Gasteiger partial charge in [0.15, 0.2) is 0 Å². The van der Waals surface area contributed by atoms with Crippen molar-refractivity contribution in [3.8, 4) is 0 Å². The number of carboxylic acid groups (broad SMARTS) is 1. The van der Waals surface area contributed by atoms with Crippen LogP contribution in [0.25, 0.3) is 0 Å². The minimum Gasteiger partial charge on any atom is -0.480 e. The van der Waals surface area contributed by atoms with Crippen molar-refractivity contribution in [2.24, 2.45) is 5.92 Å². The van der Waals surface area contributed by atoms with Crippen LogP contribution in [0.4, 0.5) is 0 Å². The first-order valence-corrected chi connectivity index (χ1v) is 7.65. The number of rotatable bonds is 6. The van der Waals surface area contributed by atoms with Crippen LogP contribution in [0.1, 0.15) is 23.2 Å². The number of piperidine rings is 1. The summed E-state index contributed by atoms with van der Waals surface area (Å²) < 4.78 is 0. The summed E-state index contributed by atoms with van der Waals surface area (Å²) in [6, 6.07) is 7.38. The normalized spacial score (nSPS) is 16.3. The fraction of sp³-hybridized carbons (Fsp3) is 0.438. The van der Waals surface area contributed by atoms with Crippen LogP contribution >= 0.6 is 0 Å². The highest BCUT2D eigenvalue weighted by atomic mass is 16.4. The molecule has 1 heterocycles. The number of hydrogen-bond donors (Lipinski definition) is 4. The number of carboxylic acids is 1. The second-order valence-corrected chi connectivity index (χ2v) is 5.50. The molecule has 7 nitrogen and oxygen atoms in total. The van der Waals surface area contributed by atoms with Crippen molar-refractivity contribution >= 4 is 17.8 Å². The molecule has 23 heavy (non-hydrogen) atoms. The van der Waals surface area contributed by atoms with Gasteiger partial charge in [0.2, 0.25) is 5.91 Å². The van der Waals surface area contributed by atoms with E-state index in [1.165, 1.54) is 0 Å². The highest BCUT2D eigenvalue weighted by Gasteiger charge is 2.26. The summed E-state index contributed by atoms with van der Waals surface area (Å²) in [7, 11) is 0. The molecule has 0 saturated carbocycles. The van der Waals surface area contributed by atoms with Gasteiger partial charge in [0.1, 0.15) is 6.04 Å². The van der Waals surface area contributed by atoms with Gasteiger partial charge in [-0.3, -0.25) is 9.59 Å². The molecule has 2 amide bonds. The number of carbonyl (C=O) groups excluding carboxylic acids is 2. The molecule has 1 fully saturated rings. The van der Waals surface area contributed by atoms with Crippen LogP contribution in [-0.4, -0.2) is 48.6 Å². The lowest BCUT2D eigenvalue weighted by Crippen LogP contribution is -2.51. The van der Waals surface area contributed by atoms with Gasteiger partial charge in [-0.05, 0) is 38.1 Å². The third kappa shape index (κ3) is 5.07. The number of aliphatic carboxylic acids is 1. The lowest BCUT2D eigenvalue weighted by Gasteiger charge is -2.24. The maximum atomic E-state index is 12.1. The molecule has 0 radical (unpaired) electrons. The van der Waals surface area contributed by atoms with E-state index in [4.69, 9.17) is 0 Å². The van der Waals surface area contributed by atoms with Crippen molar-refractivity contribution in [1.29, 1.82) is 0 Å². The average molecular weight is 319 g/mol. The lowest BCUT2D eigenvalue weighted by molar-refractivity contribution is -0.142. The van der Waals surface area contributed by atoms with Gasteiger partial charge in [0.05, 0.1) is 0 Å². The van der Waals surface area contributed by atoms with Gasteiger partial charge in [-0.2, -0.15) is 0 Å². The van der Waals surface area contributed by atoms with Gasteiger partial charge in [-0.25, -0.2) is 4.79 Å². The molecule has 1 atom stereocenters. The predicted molar refractivity (Wildman–Crippen MR) is 83.9 cm³/mol. The van der Waals surface area contributed by atoms with Crippen molar-refractivity contribution in [2.75, 3.05) is 19.6 Å². The van der Waals surface area contributed by atoms with Crippen molar-refractivity contribution < 1.29 is 19.5 Å². The zero-order valence-corrected chi connectivity index (χ0v) is 12.7. The molecule has 0 aliphatic carbocycles. The molecule has 7 heteroatoms. The Hall–Kier alpha value is -2.41. The first-order valence-electron chi connectivity index (χ1n) is 7.65. The van der Waals surface area contributed by atoms with E-state index >= 15 is 0 Å². The molecule has 1 unspecified atom stereocenters. The molecule has 0 spiro atoms. The second-order valence-electron chi connectivity index (χ2n) is 5.50. The van der Waals surface area contributed by atoms with Crippen LogP contribution in [0, 0.1) is 5.92 Å². The average Bonchev–Trinajstić information content (AvgIpc) is 2.59. The molecule has 2 rings (SSSR count). The van der Waals surface area contributed by atoms with E-state index in [0.29, 0.717) is 18.4 Å². The highest BCUT2D eigenvalue weighted by Crippen LogP contribution is 2.11. The van der Waals surface area contributed by atoms with Gasteiger partial charge in [-0.1, -0.05) is 18.2 Å². The summed E-state index contributed by atoms with van der Waals surface area (Å²) in [4.78, 5) is 35.3. The van der Waals surface area contributed by atoms with Crippen molar-refractivity contribution in [3.63, 3.8) is 0 Å². The van der Waals surface area contributed by atoms with Gasteiger partial charge < -0.3 is 21.1 Å². The van der Waals surface area contributed by atoms with E-state index in [1.54, 1.807) is 30.3 Å². The Kier molecular flexibility index (Phi) is 6.10. The third-order valence-electron chi connectivity index (χ3n) is 3.83. The standard InChI is InChI=1S/C16H21N3O4/c20-14(11-4-2-1-3-5-11)18-10-13(16(22)23)19-15(21)12-6-8-17-9-7-12/h1-5,12-13,17H,6-10H2,(H,18,20)(H,19,21)(H,22,23). The zero-order valence-electron chi connectivity index (χ0n) is 12.7. The largest absolute Gasteiger partial charge is 0.480 e. The Labute approximate surface area is 134 Å². The quantitative estimate of drug-likeness (QED) is 0.590. The molecule has 4 N–H and O–H groups in total. The van der Waals surface area contributed by atoms with Crippen LogP contribution in [-0.2, 0) is 9.59 Å². The number of hydrogen-bond acceptors (Lipinski definition) is 4. The number of amides is 2. The molecule has 124 valence electrons. The van der Waals surface area contributed by atoms with Crippen LogP contribution < -0.4 is 16.0 Å². The zero-order chi connectivity index (χ0) is 16.7. The van der Waals surface area contributed by atoms with Crippen molar-refractivity contribution in [3.05, 3.63) is 35.9 Å². The molecule has 1 aromatic carbocycles. The van der Waals surface area contributed by atoms with Crippen molar-refractivity contribution in [1.82, 2.24) is 16.0 Å². The second kappa shape index (κ2) is 8.28. The molecule has 1 aromatic rings. The molecule has 0 aromatic heterocycles. The van der Waals surface area contributed by atoms with E-state index in [2.05, 4.69) is 16.0 Å². The Bertz CT molecular complexity index is 556. The minimum atomic E-state index is -1.17. The maximum Gasteiger partial charge on any atom is 0.328 e. The van der Waals surface area contributed by atoms with Crippen molar-refractivity contribution in [2.45, 2.75) is 18.9 Å². The van der Waals surface area contributed by atoms with E-state index in [9.17, 15) is 19.5 Å². The number of carbonyl (C=O) groups is 3. The molecule has 1 aliphatic heterocycles. The molecular weight excluding hydrogens is 298 g/mol. The molecule has 0 bridgehead atoms. The van der Waals surface area contributed by atoms with Crippen LogP contribution in [0.5, 0.6) is 0 Å². The summed E-state index contributed by atoms with van der Waals surface area (Å²) in [5, 5.41) is 17.4. The van der Waals surface area contributed by atoms with E-state index in [0.717, 1.165) is 13.1 Å². The maximum absolute atomic E-state index is 12.1. The van der Waals surface area contributed by atoms with Gasteiger partial charge in [0.25, 0.3) is 5.91 Å². The molecular formula is C16H21N3O4. The fourth-order valence-corrected chi connectivity index (χ4v) is 2.46. The predicted octanol–water partition coefficient (Wildman–Crippen LogP) is -0.0146. The first-order chi connectivity index (χ1) is 11.1. The number of benzene rings is 1. The van der Waals surface area contributed by atoms with Crippen LogP contribution in [0.15, 0.2) is 30.3 Å². The summed E-state index contributed by atoms with van der Waals surface area (Å²) in [6.45, 7) is 1.35. The topological polar surface area (TPSA) is 108 Å². The van der Waals surface area contributed by atoms with Gasteiger partial charge in [0, 0.05) is 18.0 Å². The SMILES string of the molecule is O=C(NCC(NC(=O)C1CCNCC1)C(=O)O)c1ccccc1. The first kappa shape index (κ1) is 17.0. The lowest BCUT2D eigenvalue weighted by atomic mass is 9.97. The smallest absolute Gasteiger partial charge is 0.328 e. The Balaban J connectivity index is 1.87. The molecule has 1 aliphatic rings. The van der Waals surface area contributed by atoms with Gasteiger partial charge >= 0.3 is 5.97 Å². The summed E-state index contributed by atoms with van der Waals surface area (Å²) in [5.74, 6) is -1.98. The van der Waals surface area contributed by atoms with Gasteiger partial charge in [-0.15, -0.1) is 0 Å².